The number of aryl methyl sites for hydroxylation is 1. The summed E-state index contributed by atoms with van der Waals surface area (Å²) in [5, 5.41) is 8.73. The van der Waals surface area contributed by atoms with Gasteiger partial charge in [-0.2, -0.15) is 0 Å². The monoisotopic (exact) mass is 285 g/mol. The van der Waals surface area contributed by atoms with Crippen molar-refractivity contribution in [3.8, 4) is 0 Å². The summed E-state index contributed by atoms with van der Waals surface area (Å²) in [4.78, 5) is 0.295. The van der Waals surface area contributed by atoms with Crippen LogP contribution in [-0.4, -0.2) is 26.2 Å². The molecule has 0 aliphatic rings. The Kier molecular flexibility index (Phi) is 6.48. The van der Waals surface area contributed by atoms with Crippen LogP contribution in [0.25, 0.3) is 0 Å². The standard InChI is InChI=1S/C14H23NO3S/c1-3-5-13-7-9-14(10-8-13)19(17,18)15-12(2)6-4-11-16/h7-10,12,15-16H,3-6,11H2,1-2H3. The molecule has 0 bridgehead atoms. The van der Waals surface area contributed by atoms with Crippen LogP contribution in [0.15, 0.2) is 29.2 Å². The van der Waals surface area contributed by atoms with Crippen LogP contribution in [0.2, 0.25) is 0 Å². The van der Waals surface area contributed by atoms with Crippen molar-refractivity contribution in [2.75, 3.05) is 6.61 Å². The second-order valence-corrected chi connectivity index (χ2v) is 6.50. The van der Waals surface area contributed by atoms with Crippen molar-refractivity contribution in [1.82, 2.24) is 4.72 Å². The van der Waals surface area contributed by atoms with E-state index in [0.717, 1.165) is 18.4 Å². The summed E-state index contributed by atoms with van der Waals surface area (Å²) in [6, 6.07) is 6.83. The number of hydrogen-bond acceptors (Lipinski definition) is 3. The van der Waals surface area contributed by atoms with Gasteiger partial charge in [-0.05, 0) is 43.9 Å². The third-order valence-corrected chi connectivity index (χ3v) is 4.53. The zero-order valence-electron chi connectivity index (χ0n) is 11.6. The van der Waals surface area contributed by atoms with Gasteiger partial charge >= 0.3 is 0 Å². The Morgan fingerprint density at radius 1 is 1.26 bits per heavy atom. The van der Waals surface area contributed by atoms with Gasteiger partial charge in [0, 0.05) is 12.6 Å². The zero-order chi connectivity index (χ0) is 14.3. The average Bonchev–Trinajstić information content (AvgIpc) is 2.37. The summed E-state index contributed by atoms with van der Waals surface area (Å²) in [5.41, 5.74) is 1.15. The van der Waals surface area contributed by atoms with Crippen LogP contribution in [0, 0.1) is 0 Å². The first-order chi connectivity index (χ1) is 8.99. The van der Waals surface area contributed by atoms with Crippen molar-refractivity contribution in [3.63, 3.8) is 0 Å². The minimum Gasteiger partial charge on any atom is -0.396 e. The van der Waals surface area contributed by atoms with Crippen LogP contribution in [0.5, 0.6) is 0 Å². The largest absolute Gasteiger partial charge is 0.396 e. The van der Waals surface area contributed by atoms with E-state index in [0.29, 0.717) is 17.7 Å². The van der Waals surface area contributed by atoms with E-state index in [-0.39, 0.29) is 12.6 Å². The number of aliphatic hydroxyl groups excluding tert-OH is 1. The maximum absolute atomic E-state index is 12.1. The van der Waals surface area contributed by atoms with Gasteiger partial charge in [-0.15, -0.1) is 0 Å². The maximum atomic E-state index is 12.1. The molecule has 1 atom stereocenters. The Bertz CT molecular complexity index is 468. The Hall–Kier alpha value is -0.910. The highest BCUT2D eigenvalue weighted by molar-refractivity contribution is 7.89. The van der Waals surface area contributed by atoms with Crippen molar-refractivity contribution in [2.45, 2.75) is 50.5 Å². The van der Waals surface area contributed by atoms with Gasteiger partial charge in [-0.25, -0.2) is 13.1 Å². The van der Waals surface area contributed by atoms with Crippen molar-refractivity contribution >= 4 is 10.0 Å². The van der Waals surface area contributed by atoms with E-state index in [1.165, 1.54) is 0 Å². The highest BCUT2D eigenvalue weighted by Gasteiger charge is 2.16. The molecule has 0 fully saturated rings. The zero-order valence-corrected chi connectivity index (χ0v) is 12.4. The summed E-state index contributed by atoms with van der Waals surface area (Å²) < 4.78 is 26.8. The van der Waals surface area contributed by atoms with Gasteiger partial charge in [0.25, 0.3) is 0 Å². The van der Waals surface area contributed by atoms with E-state index in [1.54, 1.807) is 19.1 Å². The van der Waals surface area contributed by atoms with Crippen LogP contribution in [-0.2, 0) is 16.4 Å². The molecule has 1 aromatic carbocycles. The third-order valence-electron chi connectivity index (χ3n) is 2.92. The highest BCUT2D eigenvalue weighted by Crippen LogP contribution is 2.13. The number of nitrogens with one attached hydrogen (secondary N) is 1. The Morgan fingerprint density at radius 3 is 2.42 bits per heavy atom. The summed E-state index contributed by atoms with van der Waals surface area (Å²) in [5.74, 6) is 0. The Morgan fingerprint density at radius 2 is 1.89 bits per heavy atom. The van der Waals surface area contributed by atoms with E-state index < -0.39 is 10.0 Å². The molecular weight excluding hydrogens is 262 g/mol. The number of sulfonamides is 1. The lowest BCUT2D eigenvalue weighted by molar-refractivity contribution is 0.279. The van der Waals surface area contributed by atoms with Gasteiger partial charge in [0.2, 0.25) is 10.0 Å². The molecule has 0 saturated carbocycles. The number of hydrogen-bond donors (Lipinski definition) is 2. The van der Waals surface area contributed by atoms with E-state index in [9.17, 15) is 8.42 Å². The third kappa shape index (κ3) is 5.30. The van der Waals surface area contributed by atoms with Gasteiger partial charge in [0.05, 0.1) is 4.90 Å². The van der Waals surface area contributed by atoms with Gasteiger partial charge in [-0.1, -0.05) is 25.5 Å². The molecular formula is C14H23NO3S. The molecule has 0 spiro atoms. The first-order valence-electron chi connectivity index (χ1n) is 6.71. The first-order valence-corrected chi connectivity index (χ1v) is 8.20. The van der Waals surface area contributed by atoms with Gasteiger partial charge < -0.3 is 5.11 Å². The summed E-state index contributed by atoms with van der Waals surface area (Å²) >= 11 is 0. The summed E-state index contributed by atoms with van der Waals surface area (Å²) in [7, 11) is -3.45. The molecule has 1 rings (SSSR count). The normalized spacial score (nSPS) is 13.4. The lowest BCUT2D eigenvalue weighted by atomic mass is 10.1. The molecule has 19 heavy (non-hydrogen) atoms. The lowest BCUT2D eigenvalue weighted by Gasteiger charge is -2.13. The van der Waals surface area contributed by atoms with Gasteiger partial charge in [0.1, 0.15) is 0 Å². The molecule has 1 unspecified atom stereocenters. The Labute approximate surface area is 115 Å². The quantitative estimate of drug-likeness (QED) is 0.768. The predicted molar refractivity (Wildman–Crippen MR) is 76.5 cm³/mol. The van der Waals surface area contributed by atoms with E-state index in [4.69, 9.17) is 5.11 Å². The number of benzene rings is 1. The molecule has 0 amide bonds. The minimum absolute atomic E-state index is 0.0811. The van der Waals surface area contributed by atoms with Crippen molar-refractivity contribution in [3.05, 3.63) is 29.8 Å². The number of aliphatic hydroxyl groups is 1. The number of rotatable bonds is 8. The molecule has 0 radical (unpaired) electrons. The molecule has 1 aromatic rings. The molecule has 5 heteroatoms. The fourth-order valence-corrected chi connectivity index (χ4v) is 3.19. The average molecular weight is 285 g/mol. The van der Waals surface area contributed by atoms with E-state index in [2.05, 4.69) is 11.6 Å². The first kappa shape index (κ1) is 16.1. The maximum Gasteiger partial charge on any atom is 0.240 e. The molecule has 2 N–H and O–H groups in total. The molecule has 0 aromatic heterocycles. The van der Waals surface area contributed by atoms with Crippen molar-refractivity contribution in [2.24, 2.45) is 0 Å². The SMILES string of the molecule is CCCc1ccc(S(=O)(=O)NC(C)CCCO)cc1. The van der Waals surface area contributed by atoms with E-state index >= 15 is 0 Å². The predicted octanol–water partition coefficient (Wildman–Crippen LogP) is 2.08. The van der Waals surface area contributed by atoms with E-state index in [1.807, 2.05) is 12.1 Å². The summed E-state index contributed by atoms with van der Waals surface area (Å²) in [6.07, 6.45) is 3.23. The topological polar surface area (TPSA) is 66.4 Å². The van der Waals surface area contributed by atoms with Gasteiger partial charge in [0.15, 0.2) is 0 Å². The second kappa shape index (κ2) is 7.62. The molecule has 0 aliphatic carbocycles. The molecule has 4 nitrogen and oxygen atoms in total. The van der Waals surface area contributed by atoms with Crippen LogP contribution in [0.1, 0.15) is 38.7 Å². The smallest absolute Gasteiger partial charge is 0.240 e. The second-order valence-electron chi connectivity index (χ2n) is 4.78. The van der Waals surface area contributed by atoms with Crippen LogP contribution >= 0.6 is 0 Å². The van der Waals surface area contributed by atoms with Gasteiger partial charge in [-0.3, -0.25) is 0 Å². The van der Waals surface area contributed by atoms with Crippen LogP contribution < -0.4 is 4.72 Å². The molecule has 0 aliphatic heterocycles. The van der Waals surface area contributed by atoms with Crippen LogP contribution in [0.3, 0.4) is 0 Å². The fraction of sp³-hybridized carbons (Fsp3) is 0.571. The minimum atomic E-state index is -3.45. The lowest BCUT2D eigenvalue weighted by Crippen LogP contribution is -2.32. The Balaban J connectivity index is 2.71. The summed E-state index contributed by atoms with van der Waals surface area (Å²) in [6.45, 7) is 3.98. The van der Waals surface area contributed by atoms with Crippen molar-refractivity contribution < 1.29 is 13.5 Å². The van der Waals surface area contributed by atoms with Crippen LogP contribution in [0.4, 0.5) is 0 Å². The molecule has 108 valence electrons. The van der Waals surface area contributed by atoms with Crippen molar-refractivity contribution in [1.29, 1.82) is 0 Å². The highest BCUT2D eigenvalue weighted by atomic mass is 32.2. The molecule has 0 heterocycles. The molecule has 0 saturated heterocycles. The fourth-order valence-electron chi connectivity index (χ4n) is 1.91.